The molecule has 0 rings (SSSR count). The van der Waals surface area contributed by atoms with Crippen molar-refractivity contribution in [2.24, 2.45) is 0 Å². The minimum Gasteiger partial charge on any atom is -0.313 e. The van der Waals surface area contributed by atoms with Crippen molar-refractivity contribution in [3.05, 3.63) is 12.2 Å². The largest absolute Gasteiger partial charge is 0.313 e. The van der Waals surface area contributed by atoms with E-state index in [1.54, 1.807) is 0 Å². The molecule has 10 heavy (non-hydrogen) atoms. The molecule has 0 aliphatic heterocycles. The fourth-order valence-electron chi connectivity index (χ4n) is 0.666. The Balaban J connectivity index is 3.09. The summed E-state index contributed by atoms with van der Waals surface area (Å²) in [6.07, 6.45) is 0. The predicted octanol–water partition coefficient (Wildman–Crippen LogP) is 0.762. The third kappa shape index (κ3) is 5.79. The molecule has 0 unspecified atom stereocenters. The fourth-order valence-corrected chi connectivity index (χ4v) is 0.666. The molecule has 0 radical (unpaired) electrons. The lowest BCUT2D eigenvalue weighted by atomic mass is 10.3. The third-order valence-electron chi connectivity index (χ3n) is 1.25. The highest BCUT2D eigenvalue weighted by molar-refractivity contribution is 4.98. The molecule has 0 amide bonds. The highest BCUT2D eigenvalue weighted by Gasteiger charge is 1.89. The van der Waals surface area contributed by atoms with Crippen LogP contribution in [0.1, 0.15) is 13.8 Å². The molecule has 0 aliphatic rings. The molecule has 0 bridgehead atoms. The van der Waals surface area contributed by atoms with Gasteiger partial charge in [-0.05, 0) is 18.7 Å². The van der Waals surface area contributed by atoms with Crippen LogP contribution < -0.4 is 10.6 Å². The molecule has 0 aromatic rings. The van der Waals surface area contributed by atoms with Crippen molar-refractivity contribution < 1.29 is 0 Å². The average molecular weight is 142 g/mol. The molecule has 0 heterocycles. The van der Waals surface area contributed by atoms with Crippen LogP contribution in [0.4, 0.5) is 0 Å². The molecule has 2 nitrogen and oxygen atoms in total. The molecule has 2 N–H and O–H groups in total. The summed E-state index contributed by atoms with van der Waals surface area (Å²) >= 11 is 0. The van der Waals surface area contributed by atoms with Crippen LogP contribution in [0, 0.1) is 0 Å². The zero-order valence-corrected chi connectivity index (χ0v) is 7.04. The van der Waals surface area contributed by atoms with Crippen molar-refractivity contribution in [3.8, 4) is 0 Å². The van der Waals surface area contributed by atoms with E-state index in [1.807, 2.05) is 0 Å². The number of rotatable bonds is 6. The minimum atomic E-state index is 0.934. The molecule has 0 saturated heterocycles. The molecule has 0 spiro atoms. The van der Waals surface area contributed by atoms with E-state index >= 15 is 0 Å². The quantitative estimate of drug-likeness (QED) is 0.535. The van der Waals surface area contributed by atoms with Crippen molar-refractivity contribution in [3.63, 3.8) is 0 Å². The molecular weight excluding hydrogens is 124 g/mol. The molecule has 60 valence electrons. The highest BCUT2D eigenvalue weighted by Crippen LogP contribution is 1.82. The van der Waals surface area contributed by atoms with Crippen LogP contribution >= 0.6 is 0 Å². The predicted molar refractivity (Wildman–Crippen MR) is 46.2 cm³/mol. The van der Waals surface area contributed by atoms with Crippen molar-refractivity contribution in [2.45, 2.75) is 13.8 Å². The Bertz CT molecular complexity index is 79.3. The van der Waals surface area contributed by atoms with Gasteiger partial charge in [-0.3, -0.25) is 0 Å². The van der Waals surface area contributed by atoms with E-state index in [9.17, 15) is 0 Å². The van der Waals surface area contributed by atoms with E-state index in [0.717, 1.165) is 26.2 Å². The minimum absolute atomic E-state index is 0.934. The summed E-state index contributed by atoms with van der Waals surface area (Å²) in [5.41, 5.74) is 1.23. The summed E-state index contributed by atoms with van der Waals surface area (Å²) < 4.78 is 0. The first-order valence-corrected chi connectivity index (χ1v) is 3.89. The Kier molecular flexibility index (Phi) is 6.55. The van der Waals surface area contributed by atoms with Gasteiger partial charge in [0.25, 0.3) is 0 Å². The Labute approximate surface area is 63.7 Å². The molecule has 0 aromatic heterocycles. The van der Waals surface area contributed by atoms with Crippen molar-refractivity contribution in [2.75, 3.05) is 26.2 Å². The zero-order valence-electron chi connectivity index (χ0n) is 7.04. The van der Waals surface area contributed by atoms with Crippen LogP contribution in [0.2, 0.25) is 0 Å². The number of nitrogens with one attached hydrogen (secondary N) is 2. The summed E-state index contributed by atoms with van der Waals surface area (Å²) in [6, 6.07) is 0. The Morgan fingerprint density at radius 2 is 1.50 bits per heavy atom. The van der Waals surface area contributed by atoms with Gasteiger partial charge in [0.2, 0.25) is 0 Å². The van der Waals surface area contributed by atoms with E-state index in [2.05, 4.69) is 31.1 Å². The topological polar surface area (TPSA) is 24.1 Å². The monoisotopic (exact) mass is 142 g/mol. The van der Waals surface area contributed by atoms with E-state index in [-0.39, 0.29) is 0 Å². The number of hydrogen-bond acceptors (Lipinski definition) is 2. The first-order valence-electron chi connectivity index (χ1n) is 3.89. The van der Waals surface area contributed by atoms with E-state index in [4.69, 9.17) is 0 Å². The maximum atomic E-state index is 3.90. The Morgan fingerprint density at radius 1 is 1.10 bits per heavy atom. The second-order valence-corrected chi connectivity index (χ2v) is 2.31. The Morgan fingerprint density at radius 3 is 1.80 bits per heavy atom. The van der Waals surface area contributed by atoms with Gasteiger partial charge in [0, 0.05) is 13.1 Å². The van der Waals surface area contributed by atoms with Gasteiger partial charge in [0.05, 0.1) is 0 Å². The SMILES string of the molecule is C=C(CNCC)CNCC. The van der Waals surface area contributed by atoms with Crippen LogP contribution in [-0.2, 0) is 0 Å². The lowest BCUT2D eigenvalue weighted by Crippen LogP contribution is -2.23. The van der Waals surface area contributed by atoms with Crippen molar-refractivity contribution in [1.82, 2.24) is 10.6 Å². The van der Waals surface area contributed by atoms with E-state index < -0.39 is 0 Å². The lowest BCUT2D eigenvalue weighted by Gasteiger charge is -2.05. The van der Waals surface area contributed by atoms with Gasteiger partial charge in [-0.2, -0.15) is 0 Å². The standard InChI is InChI=1S/C8H18N2/c1-4-9-6-8(3)7-10-5-2/h9-10H,3-7H2,1-2H3. The smallest absolute Gasteiger partial charge is 0.0174 e. The first-order chi connectivity index (χ1) is 4.81. The third-order valence-corrected chi connectivity index (χ3v) is 1.25. The van der Waals surface area contributed by atoms with Gasteiger partial charge in [-0.25, -0.2) is 0 Å². The molecule has 0 saturated carbocycles. The van der Waals surface area contributed by atoms with Crippen LogP contribution in [0.15, 0.2) is 12.2 Å². The second-order valence-electron chi connectivity index (χ2n) is 2.31. The summed E-state index contributed by atoms with van der Waals surface area (Å²) in [5.74, 6) is 0. The summed E-state index contributed by atoms with van der Waals surface area (Å²) in [5, 5.41) is 6.43. The first kappa shape index (κ1) is 9.66. The Hall–Kier alpha value is -0.340. The van der Waals surface area contributed by atoms with Crippen LogP contribution in [0.5, 0.6) is 0 Å². The number of likely N-dealkylation sites (N-methyl/N-ethyl adjacent to an activating group) is 2. The molecular formula is C8H18N2. The molecule has 2 heteroatoms. The van der Waals surface area contributed by atoms with Crippen molar-refractivity contribution >= 4 is 0 Å². The number of hydrogen-bond donors (Lipinski definition) is 2. The van der Waals surface area contributed by atoms with Gasteiger partial charge in [-0.1, -0.05) is 20.4 Å². The van der Waals surface area contributed by atoms with Crippen LogP contribution in [-0.4, -0.2) is 26.2 Å². The zero-order chi connectivity index (χ0) is 7.82. The van der Waals surface area contributed by atoms with Crippen LogP contribution in [0.3, 0.4) is 0 Å². The van der Waals surface area contributed by atoms with Crippen LogP contribution in [0.25, 0.3) is 0 Å². The summed E-state index contributed by atoms with van der Waals surface area (Å²) in [4.78, 5) is 0. The van der Waals surface area contributed by atoms with Crippen molar-refractivity contribution in [1.29, 1.82) is 0 Å². The van der Waals surface area contributed by atoms with E-state index in [0.29, 0.717) is 0 Å². The summed E-state index contributed by atoms with van der Waals surface area (Å²) in [6.45, 7) is 12.0. The van der Waals surface area contributed by atoms with Gasteiger partial charge < -0.3 is 10.6 Å². The maximum Gasteiger partial charge on any atom is 0.0174 e. The highest BCUT2D eigenvalue weighted by atomic mass is 14.9. The van der Waals surface area contributed by atoms with E-state index in [1.165, 1.54) is 5.57 Å². The molecule has 0 aromatic carbocycles. The molecule has 0 aliphatic carbocycles. The molecule has 0 fully saturated rings. The normalized spacial score (nSPS) is 9.80. The second kappa shape index (κ2) is 6.78. The van der Waals surface area contributed by atoms with Gasteiger partial charge >= 0.3 is 0 Å². The van der Waals surface area contributed by atoms with Gasteiger partial charge in [0.1, 0.15) is 0 Å². The molecule has 0 atom stereocenters. The van der Waals surface area contributed by atoms with Gasteiger partial charge in [-0.15, -0.1) is 0 Å². The average Bonchev–Trinajstić information content (AvgIpc) is 1.97. The summed E-state index contributed by atoms with van der Waals surface area (Å²) in [7, 11) is 0. The maximum absolute atomic E-state index is 3.90. The van der Waals surface area contributed by atoms with Gasteiger partial charge in [0.15, 0.2) is 0 Å². The fraction of sp³-hybridized carbons (Fsp3) is 0.750. The lowest BCUT2D eigenvalue weighted by molar-refractivity contribution is 0.715.